The molecule has 5 nitrogen and oxygen atoms in total. The molecular formula is C12H18FN3O2. The first kappa shape index (κ1) is 14.3. The number of rotatable bonds is 5. The van der Waals surface area contributed by atoms with Crippen molar-refractivity contribution < 1.29 is 13.9 Å². The number of hydrogen-bond acceptors (Lipinski definition) is 5. The summed E-state index contributed by atoms with van der Waals surface area (Å²) in [5.74, 6) is -0.775. The van der Waals surface area contributed by atoms with E-state index in [1.165, 1.54) is 6.33 Å². The van der Waals surface area contributed by atoms with Gasteiger partial charge in [0.1, 0.15) is 12.9 Å². The lowest BCUT2D eigenvalue weighted by atomic mass is 10.3. The molecule has 0 amide bonds. The monoisotopic (exact) mass is 255 g/mol. The number of nitrogens with zero attached hydrogens (tertiary/aromatic N) is 3. The second-order valence-corrected chi connectivity index (χ2v) is 4.12. The van der Waals surface area contributed by atoms with E-state index in [1.807, 2.05) is 13.8 Å². The van der Waals surface area contributed by atoms with Gasteiger partial charge in [-0.2, -0.15) is 0 Å². The number of esters is 1. The maximum Gasteiger partial charge on any atom is 0.325 e. The number of aryl methyl sites for hydroxylation is 1. The summed E-state index contributed by atoms with van der Waals surface area (Å²) in [5.41, 5.74) is 0.259. The van der Waals surface area contributed by atoms with Crippen LogP contribution in [0.4, 0.5) is 10.2 Å². The molecular weight excluding hydrogens is 237 g/mol. The standard InChI is InChI=1S/C12H18FN3O2/c1-5-18-10(17)6-16(8(2)3)12-11(13)9(4)14-7-15-12/h7-8H,5-6H2,1-4H3. The smallest absolute Gasteiger partial charge is 0.325 e. The van der Waals surface area contributed by atoms with E-state index in [1.54, 1.807) is 18.7 Å². The highest BCUT2D eigenvalue weighted by Crippen LogP contribution is 2.19. The van der Waals surface area contributed by atoms with Gasteiger partial charge >= 0.3 is 5.97 Å². The lowest BCUT2D eigenvalue weighted by molar-refractivity contribution is -0.141. The van der Waals surface area contributed by atoms with Crippen LogP contribution in [0.15, 0.2) is 6.33 Å². The fraction of sp³-hybridized carbons (Fsp3) is 0.583. The zero-order valence-electron chi connectivity index (χ0n) is 11.1. The highest BCUT2D eigenvalue weighted by Gasteiger charge is 2.21. The normalized spacial score (nSPS) is 10.6. The molecule has 1 aromatic heterocycles. The minimum Gasteiger partial charge on any atom is -0.465 e. The molecule has 0 atom stereocenters. The first-order chi connectivity index (χ1) is 8.47. The minimum atomic E-state index is -0.504. The van der Waals surface area contributed by atoms with Crippen molar-refractivity contribution in [2.24, 2.45) is 0 Å². The molecule has 0 spiro atoms. The van der Waals surface area contributed by atoms with Gasteiger partial charge in [-0.05, 0) is 27.7 Å². The van der Waals surface area contributed by atoms with Gasteiger partial charge in [-0.3, -0.25) is 4.79 Å². The molecule has 0 aromatic carbocycles. The van der Waals surface area contributed by atoms with Gasteiger partial charge in [0.2, 0.25) is 0 Å². The van der Waals surface area contributed by atoms with Crippen molar-refractivity contribution in [2.75, 3.05) is 18.1 Å². The summed E-state index contributed by atoms with van der Waals surface area (Å²) in [4.78, 5) is 20.7. The second kappa shape index (κ2) is 6.28. The molecule has 6 heteroatoms. The topological polar surface area (TPSA) is 55.3 Å². The zero-order valence-corrected chi connectivity index (χ0v) is 11.1. The van der Waals surface area contributed by atoms with Crippen LogP contribution in [-0.2, 0) is 9.53 Å². The Labute approximate surface area is 106 Å². The number of ether oxygens (including phenoxy) is 1. The molecule has 1 heterocycles. The van der Waals surface area contributed by atoms with Gasteiger partial charge in [-0.15, -0.1) is 0 Å². The molecule has 0 bridgehead atoms. The number of carbonyl (C=O) groups is 1. The quantitative estimate of drug-likeness (QED) is 0.750. The SMILES string of the molecule is CCOC(=O)CN(c1ncnc(C)c1F)C(C)C. The van der Waals surface area contributed by atoms with Crippen molar-refractivity contribution >= 4 is 11.8 Å². The van der Waals surface area contributed by atoms with E-state index >= 15 is 0 Å². The van der Waals surface area contributed by atoms with Crippen LogP contribution < -0.4 is 4.90 Å². The minimum absolute atomic E-state index is 0.0289. The van der Waals surface area contributed by atoms with Crippen LogP contribution in [-0.4, -0.2) is 35.1 Å². The first-order valence-electron chi connectivity index (χ1n) is 5.86. The molecule has 0 aliphatic carbocycles. The Balaban J connectivity index is 2.98. The Bertz CT molecular complexity index is 424. The van der Waals surface area contributed by atoms with Crippen molar-refractivity contribution in [3.8, 4) is 0 Å². The third-order valence-electron chi connectivity index (χ3n) is 2.45. The van der Waals surface area contributed by atoms with Crippen molar-refractivity contribution in [2.45, 2.75) is 33.7 Å². The third-order valence-corrected chi connectivity index (χ3v) is 2.45. The molecule has 0 N–H and O–H groups in total. The Hall–Kier alpha value is -1.72. The summed E-state index contributed by atoms with van der Waals surface area (Å²) in [7, 11) is 0. The molecule has 100 valence electrons. The van der Waals surface area contributed by atoms with E-state index in [2.05, 4.69) is 9.97 Å². The van der Waals surface area contributed by atoms with Crippen molar-refractivity contribution in [1.82, 2.24) is 9.97 Å². The van der Waals surface area contributed by atoms with Crippen LogP contribution in [0.3, 0.4) is 0 Å². The summed E-state index contributed by atoms with van der Waals surface area (Å²) < 4.78 is 18.8. The Morgan fingerprint density at radius 3 is 2.72 bits per heavy atom. The summed E-state index contributed by atoms with van der Waals surface area (Å²) in [5, 5.41) is 0. The number of carbonyl (C=O) groups excluding carboxylic acids is 1. The van der Waals surface area contributed by atoms with Crippen LogP contribution in [0.2, 0.25) is 0 Å². The van der Waals surface area contributed by atoms with E-state index < -0.39 is 11.8 Å². The Kier molecular flexibility index (Phi) is 5.00. The zero-order chi connectivity index (χ0) is 13.7. The molecule has 1 aromatic rings. The lowest BCUT2D eigenvalue weighted by Crippen LogP contribution is -2.38. The second-order valence-electron chi connectivity index (χ2n) is 4.12. The number of halogens is 1. The van der Waals surface area contributed by atoms with Crippen molar-refractivity contribution in [3.05, 3.63) is 17.8 Å². The van der Waals surface area contributed by atoms with Crippen LogP contribution in [0.5, 0.6) is 0 Å². The summed E-state index contributed by atoms with van der Waals surface area (Å²) in [6.07, 6.45) is 1.29. The third kappa shape index (κ3) is 3.38. The lowest BCUT2D eigenvalue weighted by Gasteiger charge is -2.27. The van der Waals surface area contributed by atoms with E-state index in [9.17, 15) is 9.18 Å². The van der Waals surface area contributed by atoms with Gasteiger partial charge in [0.15, 0.2) is 11.6 Å². The van der Waals surface area contributed by atoms with Gasteiger partial charge < -0.3 is 9.64 Å². The molecule has 0 aliphatic heterocycles. The molecule has 1 rings (SSSR count). The maximum atomic E-state index is 13.9. The van der Waals surface area contributed by atoms with E-state index in [4.69, 9.17) is 4.74 Å². The summed E-state index contributed by atoms with van der Waals surface area (Å²) in [6.45, 7) is 7.28. The number of anilines is 1. The molecule has 0 saturated heterocycles. The number of aromatic nitrogens is 2. The van der Waals surface area contributed by atoms with Crippen LogP contribution >= 0.6 is 0 Å². The van der Waals surface area contributed by atoms with Gasteiger partial charge in [0.25, 0.3) is 0 Å². The van der Waals surface area contributed by atoms with Gasteiger partial charge in [0.05, 0.1) is 12.3 Å². The van der Waals surface area contributed by atoms with Gasteiger partial charge in [0, 0.05) is 6.04 Å². The average molecular weight is 255 g/mol. The predicted octanol–water partition coefficient (Wildman–Crippen LogP) is 1.70. The van der Waals surface area contributed by atoms with E-state index in [0.717, 1.165) is 0 Å². The van der Waals surface area contributed by atoms with Crippen molar-refractivity contribution in [3.63, 3.8) is 0 Å². The van der Waals surface area contributed by atoms with E-state index in [0.29, 0.717) is 6.61 Å². The largest absolute Gasteiger partial charge is 0.465 e. The maximum absolute atomic E-state index is 13.9. The van der Waals surface area contributed by atoms with Gasteiger partial charge in [-0.1, -0.05) is 0 Å². The predicted molar refractivity (Wildman–Crippen MR) is 65.8 cm³/mol. The molecule has 0 saturated carbocycles. The molecule has 18 heavy (non-hydrogen) atoms. The first-order valence-corrected chi connectivity index (χ1v) is 5.86. The summed E-state index contributed by atoms with van der Waals surface area (Å²) >= 11 is 0. The summed E-state index contributed by atoms with van der Waals surface area (Å²) in [6, 6.07) is -0.0711. The van der Waals surface area contributed by atoms with E-state index in [-0.39, 0.29) is 24.1 Å². The molecule has 0 unspecified atom stereocenters. The molecule has 0 aliphatic rings. The molecule has 0 radical (unpaired) electrons. The highest BCUT2D eigenvalue weighted by atomic mass is 19.1. The number of hydrogen-bond donors (Lipinski definition) is 0. The molecule has 0 fully saturated rings. The van der Waals surface area contributed by atoms with Crippen molar-refractivity contribution in [1.29, 1.82) is 0 Å². The van der Waals surface area contributed by atoms with Crippen LogP contribution in [0.1, 0.15) is 26.5 Å². The van der Waals surface area contributed by atoms with Crippen LogP contribution in [0.25, 0.3) is 0 Å². The highest BCUT2D eigenvalue weighted by molar-refractivity contribution is 5.75. The fourth-order valence-corrected chi connectivity index (χ4v) is 1.49. The Morgan fingerprint density at radius 2 is 2.17 bits per heavy atom. The Morgan fingerprint density at radius 1 is 1.50 bits per heavy atom. The van der Waals surface area contributed by atoms with Gasteiger partial charge in [-0.25, -0.2) is 14.4 Å². The fourth-order valence-electron chi connectivity index (χ4n) is 1.49. The average Bonchev–Trinajstić information content (AvgIpc) is 2.30. The van der Waals surface area contributed by atoms with Crippen LogP contribution in [0, 0.1) is 12.7 Å².